The van der Waals surface area contributed by atoms with Crippen LogP contribution in [0.3, 0.4) is 0 Å². The van der Waals surface area contributed by atoms with Gasteiger partial charge in [-0.15, -0.1) is 0 Å². The first-order chi connectivity index (χ1) is 6.91. The number of nitrogens with zero attached hydrogens (tertiary/aromatic N) is 1. The number of aromatic nitrogens is 1. The molecule has 0 radical (unpaired) electrons. The summed E-state index contributed by atoms with van der Waals surface area (Å²) < 4.78 is 49.7. The molecule has 1 aromatic rings. The van der Waals surface area contributed by atoms with Gasteiger partial charge in [0.1, 0.15) is 0 Å². The summed E-state index contributed by atoms with van der Waals surface area (Å²) in [7, 11) is 0. The molecule has 0 fully saturated rings. The van der Waals surface area contributed by atoms with E-state index in [1.165, 1.54) is 0 Å². The van der Waals surface area contributed by atoms with Gasteiger partial charge in [0, 0.05) is 5.56 Å². The number of halogens is 4. The maximum Gasteiger partial charge on any atom is 0.307 e. The SMILES string of the molecule is O=C(O)Cc1cc(C(F)F)c(F)nc1F. The molecule has 0 aliphatic carbocycles. The molecule has 0 aromatic carbocycles. The minimum atomic E-state index is -3.16. The molecule has 7 heteroatoms. The van der Waals surface area contributed by atoms with Gasteiger partial charge in [-0.1, -0.05) is 0 Å². The molecule has 1 aromatic heterocycles. The summed E-state index contributed by atoms with van der Waals surface area (Å²) in [5.41, 5.74) is -1.67. The molecule has 0 unspecified atom stereocenters. The van der Waals surface area contributed by atoms with E-state index in [4.69, 9.17) is 5.11 Å². The quantitative estimate of drug-likeness (QED) is 0.629. The van der Waals surface area contributed by atoms with Gasteiger partial charge < -0.3 is 5.11 Å². The fraction of sp³-hybridized carbons (Fsp3) is 0.250. The van der Waals surface area contributed by atoms with Crippen molar-refractivity contribution in [1.82, 2.24) is 4.98 Å². The molecule has 0 amide bonds. The lowest BCUT2D eigenvalue weighted by Gasteiger charge is -2.04. The van der Waals surface area contributed by atoms with Crippen molar-refractivity contribution in [2.75, 3.05) is 0 Å². The van der Waals surface area contributed by atoms with Crippen LogP contribution in [0.15, 0.2) is 6.07 Å². The number of carbonyl (C=O) groups is 1. The van der Waals surface area contributed by atoms with Gasteiger partial charge in [0.05, 0.1) is 12.0 Å². The van der Waals surface area contributed by atoms with Crippen LogP contribution in [0.1, 0.15) is 17.6 Å². The highest BCUT2D eigenvalue weighted by Crippen LogP contribution is 2.23. The molecular weight excluding hydrogens is 218 g/mol. The van der Waals surface area contributed by atoms with Gasteiger partial charge in [-0.2, -0.15) is 13.8 Å². The van der Waals surface area contributed by atoms with Gasteiger partial charge in [0.25, 0.3) is 6.43 Å². The zero-order valence-corrected chi connectivity index (χ0v) is 7.18. The second kappa shape index (κ2) is 4.24. The van der Waals surface area contributed by atoms with Crippen LogP contribution in [0.25, 0.3) is 0 Å². The number of rotatable bonds is 3. The van der Waals surface area contributed by atoms with Gasteiger partial charge in [0.15, 0.2) is 0 Å². The van der Waals surface area contributed by atoms with Gasteiger partial charge in [-0.25, -0.2) is 8.78 Å². The third-order valence-corrected chi connectivity index (χ3v) is 1.61. The smallest absolute Gasteiger partial charge is 0.307 e. The fourth-order valence-electron chi connectivity index (χ4n) is 0.969. The number of carboxylic acid groups (broad SMARTS) is 1. The first-order valence-corrected chi connectivity index (χ1v) is 3.76. The van der Waals surface area contributed by atoms with Crippen molar-refractivity contribution < 1.29 is 27.5 Å². The van der Waals surface area contributed by atoms with Crippen LogP contribution in [0.5, 0.6) is 0 Å². The molecule has 1 N–H and O–H groups in total. The normalized spacial score (nSPS) is 10.7. The Kier molecular flexibility index (Phi) is 3.23. The first kappa shape index (κ1) is 11.4. The highest BCUT2D eigenvalue weighted by atomic mass is 19.3. The Balaban J connectivity index is 3.17. The lowest BCUT2D eigenvalue weighted by Crippen LogP contribution is -2.07. The third-order valence-electron chi connectivity index (χ3n) is 1.61. The Morgan fingerprint density at radius 3 is 2.47 bits per heavy atom. The average Bonchev–Trinajstić information content (AvgIpc) is 2.08. The predicted molar refractivity (Wildman–Crippen MR) is 40.4 cm³/mol. The molecule has 82 valence electrons. The molecule has 0 spiro atoms. The first-order valence-electron chi connectivity index (χ1n) is 3.76. The Hall–Kier alpha value is -1.66. The molecule has 0 saturated heterocycles. The van der Waals surface area contributed by atoms with Gasteiger partial charge in [-0.05, 0) is 6.07 Å². The second-order valence-electron chi connectivity index (χ2n) is 2.69. The standard InChI is InChI=1S/C8H5F4NO2/c9-6(10)4-1-3(2-5(14)15)7(11)13-8(4)12/h1,6H,2H2,(H,14,15). The monoisotopic (exact) mass is 223 g/mol. The van der Waals surface area contributed by atoms with E-state index in [9.17, 15) is 22.4 Å². The molecule has 0 aliphatic rings. The van der Waals surface area contributed by atoms with Crippen molar-refractivity contribution in [2.45, 2.75) is 12.8 Å². The lowest BCUT2D eigenvalue weighted by molar-refractivity contribution is -0.136. The number of hydrogen-bond acceptors (Lipinski definition) is 2. The van der Waals surface area contributed by atoms with Crippen LogP contribution >= 0.6 is 0 Å². The van der Waals surface area contributed by atoms with E-state index in [1.54, 1.807) is 0 Å². The molecule has 1 rings (SSSR count). The van der Waals surface area contributed by atoms with Crippen LogP contribution < -0.4 is 0 Å². The Morgan fingerprint density at radius 1 is 1.40 bits per heavy atom. The van der Waals surface area contributed by atoms with E-state index in [2.05, 4.69) is 4.98 Å². The van der Waals surface area contributed by atoms with Crippen LogP contribution in [-0.2, 0) is 11.2 Å². The van der Waals surface area contributed by atoms with Crippen molar-refractivity contribution in [1.29, 1.82) is 0 Å². The maximum absolute atomic E-state index is 12.8. The Labute approximate surface area is 81.4 Å². The molecule has 0 saturated carbocycles. The Bertz CT molecular complexity index is 394. The van der Waals surface area contributed by atoms with Crippen molar-refractivity contribution in [3.63, 3.8) is 0 Å². The summed E-state index contributed by atoms with van der Waals surface area (Å²) in [4.78, 5) is 12.8. The minimum absolute atomic E-state index is 0.469. The minimum Gasteiger partial charge on any atom is -0.481 e. The van der Waals surface area contributed by atoms with Crippen molar-refractivity contribution in [3.8, 4) is 0 Å². The van der Waals surface area contributed by atoms with E-state index in [0.29, 0.717) is 6.07 Å². The number of hydrogen-bond donors (Lipinski definition) is 1. The maximum atomic E-state index is 12.8. The number of alkyl halides is 2. The Morgan fingerprint density at radius 2 is 2.00 bits per heavy atom. The molecular formula is C8H5F4NO2. The van der Waals surface area contributed by atoms with Crippen molar-refractivity contribution in [3.05, 3.63) is 29.1 Å². The summed E-state index contributed by atoms with van der Waals surface area (Å²) in [6.07, 6.45) is -3.98. The van der Waals surface area contributed by atoms with E-state index >= 15 is 0 Å². The van der Waals surface area contributed by atoms with Crippen LogP contribution in [0.2, 0.25) is 0 Å². The van der Waals surface area contributed by atoms with Crippen molar-refractivity contribution in [2.24, 2.45) is 0 Å². The molecule has 0 aliphatic heterocycles. The predicted octanol–water partition coefficient (Wildman–Crippen LogP) is 1.92. The van der Waals surface area contributed by atoms with Crippen LogP contribution in [0.4, 0.5) is 17.6 Å². The zero-order valence-electron chi connectivity index (χ0n) is 7.18. The molecule has 0 bridgehead atoms. The number of aliphatic carboxylic acids is 1. The summed E-state index contributed by atoms with van der Waals surface area (Å²) in [6, 6.07) is 0.469. The number of pyridine rings is 1. The summed E-state index contributed by atoms with van der Waals surface area (Å²) in [5, 5.41) is 8.31. The highest BCUT2D eigenvalue weighted by Gasteiger charge is 2.19. The van der Waals surface area contributed by atoms with E-state index in [1.807, 2.05) is 0 Å². The zero-order chi connectivity index (χ0) is 11.6. The van der Waals surface area contributed by atoms with Gasteiger partial charge in [0.2, 0.25) is 11.9 Å². The molecule has 1 heterocycles. The summed E-state index contributed by atoms with van der Waals surface area (Å²) in [6.45, 7) is 0. The van der Waals surface area contributed by atoms with Crippen LogP contribution in [0, 0.1) is 11.9 Å². The van der Waals surface area contributed by atoms with E-state index < -0.39 is 41.8 Å². The average molecular weight is 223 g/mol. The second-order valence-corrected chi connectivity index (χ2v) is 2.69. The largest absolute Gasteiger partial charge is 0.481 e. The summed E-state index contributed by atoms with van der Waals surface area (Å²) >= 11 is 0. The van der Waals surface area contributed by atoms with E-state index in [-0.39, 0.29) is 0 Å². The third kappa shape index (κ3) is 2.64. The van der Waals surface area contributed by atoms with Gasteiger partial charge in [-0.3, -0.25) is 4.79 Å². The van der Waals surface area contributed by atoms with Gasteiger partial charge >= 0.3 is 5.97 Å². The molecule has 0 atom stereocenters. The molecule has 3 nitrogen and oxygen atoms in total. The lowest BCUT2D eigenvalue weighted by atomic mass is 10.1. The van der Waals surface area contributed by atoms with Crippen molar-refractivity contribution >= 4 is 5.97 Å². The molecule has 15 heavy (non-hydrogen) atoms. The summed E-state index contributed by atoms with van der Waals surface area (Å²) in [5.74, 6) is -4.43. The highest BCUT2D eigenvalue weighted by molar-refractivity contribution is 5.70. The topological polar surface area (TPSA) is 50.2 Å². The fourth-order valence-corrected chi connectivity index (χ4v) is 0.969. The van der Waals surface area contributed by atoms with Crippen LogP contribution in [-0.4, -0.2) is 16.1 Å². The number of carboxylic acids is 1. The van der Waals surface area contributed by atoms with E-state index in [0.717, 1.165) is 0 Å².